The van der Waals surface area contributed by atoms with Gasteiger partial charge in [-0.15, -0.1) is 0 Å². The molecule has 0 aliphatic carbocycles. The Morgan fingerprint density at radius 3 is 2.52 bits per heavy atom. The highest BCUT2D eigenvalue weighted by Gasteiger charge is 2.44. The van der Waals surface area contributed by atoms with Crippen LogP contribution in [0.2, 0.25) is 0 Å². The number of nitrogens with zero attached hydrogens (tertiary/aromatic N) is 2. The summed E-state index contributed by atoms with van der Waals surface area (Å²) in [7, 11) is 1.22. The number of carbonyl (C=O) groups is 2. The lowest BCUT2D eigenvalue weighted by molar-refractivity contribution is -0.143. The van der Waals surface area contributed by atoms with Gasteiger partial charge in [0.1, 0.15) is 5.92 Å². The van der Waals surface area contributed by atoms with E-state index in [2.05, 4.69) is 4.99 Å². The minimum absolute atomic E-state index is 0.0889. The van der Waals surface area contributed by atoms with Crippen LogP contribution in [-0.2, 0) is 27.0 Å². The third-order valence-corrected chi connectivity index (χ3v) is 6.03. The van der Waals surface area contributed by atoms with E-state index in [1.807, 2.05) is 35.2 Å². The average molecular weight is 456 g/mol. The van der Waals surface area contributed by atoms with Crippen LogP contribution in [0.3, 0.4) is 0 Å². The van der Waals surface area contributed by atoms with Crippen LogP contribution in [0.5, 0.6) is 0 Å². The molecule has 0 bridgehead atoms. The molecule has 0 N–H and O–H groups in total. The zero-order chi connectivity index (χ0) is 23.8. The number of ketones is 1. The van der Waals surface area contributed by atoms with Crippen molar-refractivity contribution in [1.82, 2.24) is 4.90 Å². The van der Waals surface area contributed by atoms with Gasteiger partial charge in [-0.2, -0.15) is 13.2 Å². The minimum Gasteiger partial charge on any atom is -0.468 e. The third-order valence-electron chi connectivity index (χ3n) is 6.03. The Bertz CT molecular complexity index is 1140. The molecule has 2 unspecified atom stereocenters. The van der Waals surface area contributed by atoms with E-state index < -0.39 is 29.5 Å². The Morgan fingerprint density at radius 2 is 1.85 bits per heavy atom. The van der Waals surface area contributed by atoms with E-state index in [4.69, 9.17) is 4.74 Å². The summed E-state index contributed by atoms with van der Waals surface area (Å²) in [5.41, 5.74) is 1.64. The average Bonchev–Trinajstić information content (AvgIpc) is 2.78. The van der Waals surface area contributed by atoms with Crippen LogP contribution in [0.15, 0.2) is 70.9 Å². The number of benzene rings is 2. The molecule has 33 heavy (non-hydrogen) atoms. The highest BCUT2D eigenvalue weighted by atomic mass is 19.4. The molecule has 2 aliphatic rings. The van der Waals surface area contributed by atoms with Crippen molar-refractivity contribution in [2.45, 2.75) is 25.6 Å². The second kappa shape index (κ2) is 8.94. The number of hydrogen-bond donors (Lipinski definition) is 0. The van der Waals surface area contributed by atoms with Crippen molar-refractivity contribution in [3.05, 3.63) is 82.6 Å². The second-order valence-electron chi connectivity index (χ2n) is 8.27. The van der Waals surface area contributed by atoms with Crippen LogP contribution < -0.4 is 0 Å². The van der Waals surface area contributed by atoms with Gasteiger partial charge in [0.25, 0.3) is 0 Å². The Kier molecular flexibility index (Phi) is 6.21. The number of alkyl halides is 3. The number of Topliss-reactive ketones (excluding diaryl/α,β-unsaturated/α-hetero) is 1. The van der Waals surface area contributed by atoms with E-state index in [0.29, 0.717) is 30.1 Å². The summed E-state index contributed by atoms with van der Waals surface area (Å²) < 4.78 is 45.1. The van der Waals surface area contributed by atoms with Crippen LogP contribution in [-0.4, -0.2) is 42.6 Å². The maximum Gasteiger partial charge on any atom is 0.416 e. The van der Waals surface area contributed by atoms with Crippen molar-refractivity contribution in [3.63, 3.8) is 0 Å². The maximum absolute atomic E-state index is 13.4. The first-order valence-corrected chi connectivity index (χ1v) is 10.5. The lowest BCUT2D eigenvalue weighted by Gasteiger charge is -2.37. The summed E-state index contributed by atoms with van der Waals surface area (Å²) in [4.78, 5) is 32.5. The topological polar surface area (TPSA) is 59.0 Å². The number of ether oxygens (including phenoxy) is 1. The van der Waals surface area contributed by atoms with Gasteiger partial charge in [0.05, 0.1) is 24.9 Å². The fourth-order valence-corrected chi connectivity index (χ4v) is 4.60. The predicted octanol–water partition coefficient (Wildman–Crippen LogP) is 4.39. The first kappa shape index (κ1) is 22.9. The summed E-state index contributed by atoms with van der Waals surface area (Å²) in [5.74, 6) is -2.75. The number of hydrogen-bond acceptors (Lipinski definition) is 5. The van der Waals surface area contributed by atoms with Crippen molar-refractivity contribution in [2.24, 2.45) is 10.9 Å². The van der Waals surface area contributed by atoms with Crippen molar-refractivity contribution >= 4 is 17.5 Å². The van der Waals surface area contributed by atoms with E-state index in [9.17, 15) is 22.8 Å². The molecule has 0 amide bonds. The van der Waals surface area contributed by atoms with Crippen LogP contribution in [0, 0.1) is 5.92 Å². The number of rotatable bonds is 4. The van der Waals surface area contributed by atoms with Gasteiger partial charge in [-0.25, -0.2) is 0 Å². The van der Waals surface area contributed by atoms with Crippen LogP contribution in [0.25, 0.3) is 0 Å². The smallest absolute Gasteiger partial charge is 0.416 e. The zero-order valence-corrected chi connectivity index (χ0v) is 18.2. The SMILES string of the molecule is COC(=O)C1C(C)=NC2=C(C(=O)CN(Cc3ccccc3)C2)C1c1cccc(C(F)(F)F)c1. The fraction of sp³-hybridized carbons (Fsp3) is 0.320. The molecule has 172 valence electrons. The number of esters is 1. The van der Waals surface area contributed by atoms with Gasteiger partial charge in [-0.3, -0.25) is 19.5 Å². The highest BCUT2D eigenvalue weighted by Crippen LogP contribution is 2.43. The summed E-state index contributed by atoms with van der Waals surface area (Å²) >= 11 is 0. The number of aliphatic imine (C=N–C) groups is 1. The third kappa shape index (κ3) is 4.61. The number of methoxy groups -OCH3 is 1. The molecule has 0 aromatic heterocycles. The molecule has 2 aliphatic heterocycles. The largest absolute Gasteiger partial charge is 0.468 e. The second-order valence-corrected chi connectivity index (χ2v) is 8.27. The van der Waals surface area contributed by atoms with E-state index in [1.54, 1.807) is 6.92 Å². The standard InChI is InChI=1S/C25H23F3N2O3/c1-15-21(24(32)33-2)22(17-9-6-10-18(11-17)25(26,27)28)23-19(29-15)13-30(14-20(23)31)12-16-7-4-3-5-8-16/h3-11,21-22H,12-14H2,1-2H3. The Hall–Kier alpha value is -3.26. The van der Waals surface area contributed by atoms with Crippen molar-refractivity contribution in [2.75, 3.05) is 20.2 Å². The molecule has 5 nitrogen and oxygen atoms in total. The minimum atomic E-state index is -4.55. The van der Waals surface area contributed by atoms with Crippen LogP contribution in [0.4, 0.5) is 13.2 Å². The lowest BCUT2D eigenvalue weighted by atomic mass is 9.73. The molecule has 2 aromatic rings. The monoisotopic (exact) mass is 456 g/mol. The van der Waals surface area contributed by atoms with Gasteiger partial charge >= 0.3 is 12.1 Å². The molecule has 0 fully saturated rings. The summed E-state index contributed by atoms with van der Waals surface area (Å²) in [6, 6.07) is 14.5. The van der Waals surface area contributed by atoms with Gasteiger partial charge in [0, 0.05) is 30.3 Å². The Balaban J connectivity index is 1.77. The molecule has 2 aromatic carbocycles. The van der Waals surface area contributed by atoms with Gasteiger partial charge in [-0.05, 0) is 24.1 Å². The van der Waals surface area contributed by atoms with E-state index >= 15 is 0 Å². The summed E-state index contributed by atoms with van der Waals surface area (Å²) in [5, 5.41) is 0. The van der Waals surface area contributed by atoms with Crippen LogP contribution in [0.1, 0.15) is 29.5 Å². The molecule has 4 rings (SSSR count). The Labute approximate surface area is 189 Å². The van der Waals surface area contributed by atoms with Crippen molar-refractivity contribution < 1.29 is 27.5 Å². The maximum atomic E-state index is 13.4. The van der Waals surface area contributed by atoms with Crippen molar-refractivity contribution in [3.8, 4) is 0 Å². The molecule has 0 saturated heterocycles. The van der Waals surface area contributed by atoms with Gasteiger partial charge in [-0.1, -0.05) is 48.5 Å². The van der Waals surface area contributed by atoms with Crippen LogP contribution >= 0.6 is 0 Å². The van der Waals surface area contributed by atoms with Gasteiger partial charge in [0.2, 0.25) is 0 Å². The predicted molar refractivity (Wildman–Crippen MR) is 117 cm³/mol. The highest BCUT2D eigenvalue weighted by molar-refractivity contribution is 6.09. The van der Waals surface area contributed by atoms with Crippen molar-refractivity contribution in [1.29, 1.82) is 0 Å². The quantitative estimate of drug-likeness (QED) is 0.641. The fourth-order valence-electron chi connectivity index (χ4n) is 4.60. The first-order chi connectivity index (χ1) is 15.7. The molecular formula is C25H23F3N2O3. The number of halogens is 3. The summed E-state index contributed by atoms with van der Waals surface area (Å²) in [6.45, 7) is 2.63. The first-order valence-electron chi connectivity index (χ1n) is 10.5. The molecule has 0 spiro atoms. The Morgan fingerprint density at radius 1 is 1.12 bits per heavy atom. The van der Waals surface area contributed by atoms with E-state index in [0.717, 1.165) is 17.7 Å². The summed E-state index contributed by atoms with van der Waals surface area (Å²) in [6.07, 6.45) is -4.55. The zero-order valence-electron chi connectivity index (χ0n) is 18.2. The molecule has 8 heteroatoms. The lowest BCUT2D eigenvalue weighted by Crippen LogP contribution is -2.44. The normalized spacial score (nSPS) is 21.5. The molecule has 0 saturated carbocycles. The molecule has 2 heterocycles. The van der Waals surface area contributed by atoms with Gasteiger partial charge in [0.15, 0.2) is 5.78 Å². The van der Waals surface area contributed by atoms with E-state index in [1.165, 1.54) is 19.2 Å². The van der Waals surface area contributed by atoms with E-state index in [-0.39, 0.29) is 17.9 Å². The molecule has 0 radical (unpaired) electrons. The molecular weight excluding hydrogens is 433 g/mol. The van der Waals surface area contributed by atoms with Gasteiger partial charge < -0.3 is 4.74 Å². The number of carbonyl (C=O) groups excluding carboxylic acids is 2. The molecule has 2 atom stereocenters.